The van der Waals surface area contributed by atoms with E-state index in [9.17, 15) is 4.79 Å². The molecule has 1 amide bonds. The number of nitrogens with two attached hydrogens (primary N) is 1. The van der Waals surface area contributed by atoms with Crippen LogP contribution >= 0.6 is 11.3 Å². The molecular formula is C22H24N4O3S. The lowest BCUT2D eigenvalue weighted by atomic mass is 10.1. The molecule has 1 saturated heterocycles. The molecule has 156 valence electrons. The highest BCUT2D eigenvalue weighted by Crippen LogP contribution is 2.36. The second kappa shape index (κ2) is 7.45. The lowest BCUT2D eigenvalue weighted by molar-refractivity contribution is 0.0634. The number of benzene rings is 1. The van der Waals surface area contributed by atoms with Crippen molar-refractivity contribution in [1.82, 2.24) is 14.8 Å². The molecule has 8 heteroatoms. The zero-order chi connectivity index (χ0) is 20.8. The van der Waals surface area contributed by atoms with Crippen LogP contribution in [-0.2, 0) is 6.54 Å². The first kappa shape index (κ1) is 19.1. The monoisotopic (exact) mass is 424 g/mol. The molecule has 1 fully saturated rings. The average molecular weight is 425 g/mol. The van der Waals surface area contributed by atoms with E-state index >= 15 is 0 Å². The molecule has 1 aromatic carbocycles. The molecule has 30 heavy (non-hydrogen) atoms. The van der Waals surface area contributed by atoms with Crippen LogP contribution in [0.25, 0.3) is 10.2 Å². The van der Waals surface area contributed by atoms with Crippen LogP contribution in [0.2, 0.25) is 0 Å². The summed E-state index contributed by atoms with van der Waals surface area (Å²) in [6, 6.07) is 8.07. The summed E-state index contributed by atoms with van der Waals surface area (Å²) in [5.41, 5.74) is 10.1. The first-order valence-corrected chi connectivity index (χ1v) is 10.9. The highest BCUT2D eigenvalue weighted by molar-refractivity contribution is 7.21. The molecule has 0 saturated carbocycles. The maximum atomic E-state index is 13.2. The highest BCUT2D eigenvalue weighted by atomic mass is 32.1. The Balaban J connectivity index is 1.26. The lowest BCUT2D eigenvalue weighted by Crippen LogP contribution is -2.48. The fraction of sp³-hybridized carbons (Fsp3) is 0.364. The number of aryl methyl sites for hydroxylation is 2. The predicted molar refractivity (Wildman–Crippen MR) is 117 cm³/mol. The lowest BCUT2D eigenvalue weighted by Gasteiger charge is -2.34. The van der Waals surface area contributed by atoms with Gasteiger partial charge >= 0.3 is 0 Å². The van der Waals surface area contributed by atoms with E-state index in [1.165, 1.54) is 16.9 Å². The van der Waals surface area contributed by atoms with E-state index in [4.69, 9.17) is 15.2 Å². The molecule has 7 nitrogen and oxygen atoms in total. The second-order valence-electron chi connectivity index (χ2n) is 7.86. The van der Waals surface area contributed by atoms with E-state index in [0.29, 0.717) is 23.7 Å². The molecule has 2 aliphatic rings. The number of thiophene rings is 1. The fourth-order valence-electron chi connectivity index (χ4n) is 4.18. The number of aromatic nitrogens is 1. The van der Waals surface area contributed by atoms with Crippen molar-refractivity contribution in [3.8, 4) is 11.5 Å². The van der Waals surface area contributed by atoms with Crippen molar-refractivity contribution in [2.24, 2.45) is 0 Å². The number of ether oxygens (including phenoxy) is 2. The van der Waals surface area contributed by atoms with E-state index in [-0.39, 0.29) is 12.7 Å². The van der Waals surface area contributed by atoms with Gasteiger partial charge in [-0.3, -0.25) is 9.69 Å². The molecule has 0 atom stereocenters. The van der Waals surface area contributed by atoms with Gasteiger partial charge in [-0.25, -0.2) is 4.98 Å². The van der Waals surface area contributed by atoms with Gasteiger partial charge in [-0.1, -0.05) is 6.07 Å². The third-order valence-electron chi connectivity index (χ3n) is 5.72. The van der Waals surface area contributed by atoms with E-state index in [2.05, 4.69) is 16.0 Å². The number of carbonyl (C=O) groups excluding carboxylic acids is 1. The number of hydrogen-bond donors (Lipinski definition) is 1. The Bertz CT molecular complexity index is 1140. The van der Waals surface area contributed by atoms with Gasteiger partial charge < -0.3 is 20.1 Å². The van der Waals surface area contributed by atoms with E-state index in [0.717, 1.165) is 52.6 Å². The summed E-state index contributed by atoms with van der Waals surface area (Å²) in [7, 11) is 0. The Morgan fingerprint density at radius 2 is 1.90 bits per heavy atom. The van der Waals surface area contributed by atoms with Crippen LogP contribution in [0.3, 0.4) is 0 Å². The average Bonchev–Trinajstić information content (AvgIpc) is 3.32. The van der Waals surface area contributed by atoms with E-state index in [1.807, 2.05) is 36.9 Å². The minimum absolute atomic E-state index is 0.00952. The number of hydrogen-bond acceptors (Lipinski definition) is 7. The van der Waals surface area contributed by atoms with E-state index < -0.39 is 0 Å². The van der Waals surface area contributed by atoms with Gasteiger partial charge in [0.15, 0.2) is 11.5 Å². The molecule has 0 bridgehead atoms. The van der Waals surface area contributed by atoms with Crippen molar-refractivity contribution in [2.45, 2.75) is 20.4 Å². The number of nitrogen functional groups attached to an aromatic ring is 1. The van der Waals surface area contributed by atoms with Gasteiger partial charge in [0.05, 0.1) is 5.69 Å². The summed E-state index contributed by atoms with van der Waals surface area (Å²) in [6.07, 6.45) is 0. The Hall–Kier alpha value is -2.84. The van der Waals surface area contributed by atoms with Crippen molar-refractivity contribution in [3.63, 3.8) is 0 Å². The van der Waals surface area contributed by atoms with Crippen molar-refractivity contribution in [2.75, 3.05) is 38.7 Å². The van der Waals surface area contributed by atoms with Crippen molar-refractivity contribution in [3.05, 3.63) is 46.0 Å². The molecule has 5 rings (SSSR count). The molecular weight excluding hydrogens is 400 g/mol. The summed E-state index contributed by atoms with van der Waals surface area (Å²) in [4.78, 5) is 23.4. The van der Waals surface area contributed by atoms with Gasteiger partial charge in [0.2, 0.25) is 6.79 Å². The van der Waals surface area contributed by atoms with Crippen molar-refractivity contribution < 1.29 is 14.3 Å². The smallest absolute Gasteiger partial charge is 0.266 e. The third kappa shape index (κ3) is 3.36. The van der Waals surface area contributed by atoms with Crippen molar-refractivity contribution in [1.29, 1.82) is 0 Å². The number of anilines is 1. The number of fused-ring (bicyclic) bond motifs is 2. The van der Waals surface area contributed by atoms with Crippen LogP contribution in [0.4, 0.5) is 5.69 Å². The largest absolute Gasteiger partial charge is 0.454 e. The maximum absolute atomic E-state index is 13.2. The Morgan fingerprint density at radius 1 is 1.13 bits per heavy atom. The van der Waals surface area contributed by atoms with Gasteiger partial charge in [0.25, 0.3) is 5.91 Å². The second-order valence-corrected chi connectivity index (χ2v) is 8.86. The normalized spacial score (nSPS) is 16.4. The molecule has 2 aromatic heterocycles. The zero-order valence-electron chi connectivity index (χ0n) is 17.1. The van der Waals surface area contributed by atoms with Gasteiger partial charge in [-0.2, -0.15) is 0 Å². The third-order valence-corrected chi connectivity index (χ3v) is 6.81. The highest BCUT2D eigenvalue weighted by Gasteiger charge is 2.27. The summed E-state index contributed by atoms with van der Waals surface area (Å²) < 4.78 is 10.8. The predicted octanol–water partition coefficient (Wildman–Crippen LogP) is 3.18. The van der Waals surface area contributed by atoms with Crippen LogP contribution in [0.5, 0.6) is 11.5 Å². The van der Waals surface area contributed by atoms with Crippen LogP contribution in [-0.4, -0.2) is 53.7 Å². The number of carbonyl (C=O) groups is 1. The number of rotatable bonds is 3. The van der Waals surface area contributed by atoms with Gasteiger partial charge in [-0.15, -0.1) is 11.3 Å². The summed E-state index contributed by atoms with van der Waals surface area (Å²) in [5.74, 6) is 1.62. The molecule has 3 aromatic rings. The minimum Gasteiger partial charge on any atom is -0.454 e. The van der Waals surface area contributed by atoms with Crippen molar-refractivity contribution >= 4 is 33.1 Å². The first-order valence-electron chi connectivity index (χ1n) is 10.1. The minimum atomic E-state index is 0.00952. The fourth-order valence-corrected chi connectivity index (χ4v) is 5.36. The van der Waals surface area contributed by atoms with E-state index in [1.54, 1.807) is 0 Å². The standard InChI is InChI=1S/C22H24N4O3S/c1-13-9-14(2)24-21-18(13)19(23)20(30-21)22(27)26-7-5-25(6-8-26)11-15-3-4-16-17(10-15)29-12-28-16/h3-4,9-10H,5-8,11-12,23H2,1-2H3. The van der Waals surface area contributed by atoms with Crippen LogP contribution in [0.1, 0.15) is 26.5 Å². The summed E-state index contributed by atoms with van der Waals surface area (Å²) in [5, 5.41) is 0.912. The van der Waals surface area contributed by atoms with Crippen LogP contribution in [0, 0.1) is 13.8 Å². The van der Waals surface area contributed by atoms with Crippen LogP contribution in [0.15, 0.2) is 24.3 Å². The summed E-state index contributed by atoms with van der Waals surface area (Å²) >= 11 is 1.40. The first-order chi connectivity index (χ1) is 14.5. The number of piperazine rings is 1. The van der Waals surface area contributed by atoms with Crippen LogP contribution < -0.4 is 15.2 Å². The maximum Gasteiger partial charge on any atom is 0.266 e. The molecule has 0 radical (unpaired) electrons. The van der Waals surface area contributed by atoms with Gasteiger partial charge in [0.1, 0.15) is 9.71 Å². The van der Waals surface area contributed by atoms with Gasteiger partial charge in [0, 0.05) is 43.8 Å². The molecule has 2 aliphatic heterocycles. The molecule has 0 spiro atoms. The Morgan fingerprint density at radius 3 is 2.70 bits per heavy atom. The quantitative estimate of drug-likeness (QED) is 0.696. The zero-order valence-corrected chi connectivity index (χ0v) is 17.9. The molecule has 0 aliphatic carbocycles. The number of amides is 1. The molecule has 4 heterocycles. The number of pyridine rings is 1. The topological polar surface area (TPSA) is 80.9 Å². The summed E-state index contributed by atoms with van der Waals surface area (Å²) in [6.45, 7) is 8.10. The molecule has 0 unspecified atom stereocenters. The number of nitrogens with zero attached hydrogens (tertiary/aromatic N) is 3. The Kier molecular flexibility index (Phi) is 4.75. The SMILES string of the molecule is Cc1cc(C)c2c(N)c(C(=O)N3CCN(Cc4ccc5c(c4)OCO5)CC3)sc2n1. The Labute approximate surface area is 179 Å². The van der Waals surface area contributed by atoms with Gasteiger partial charge in [-0.05, 0) is 43.2 Å². The molecule has 2 N–H and O–H groups in total.